The van der Waals surface area contributed by atoms with Gasteiger partial charge in [0, 0.05) is 24.0 Å². The second-order valence-electron chi connectivity index (χ2n) is 5.59. The Morgan fingerprint density at radius 1 is 1.35 bits per heavy atom. The van der Waals surface area contributed by atoms with Gasteiger partial charge in [-0.05, 0) is 38.1 Å². The number of nitrogens with zero attached hydrogens (tertiary/aromatic N) is 1. The lowest BCUT2D eigenvalue weighted by Gasteiger charge is -2.36. The number of thiophene rings is 1. The van der Waals surface area contributed by atoms with Gasteiger partial charge in [0.15, 0.2) is 0 Å². The standard InChI is InChI=1S/C14H25NOS/c1-11(2)14(5,16)10-15(12(3)4)9-13-7-6-8-17-13/h6-8,11-12,16H,9-10H2,1-5H3. The second kappa shape index (κ2) is 5.98. The fourth-order valence-corrected chi connectivity index (χ4v) is 2.35. The van der Waals surface area contributed by atoms with Crippen molar-refractivity contribution in [3.8, 4) is 0 Å². The Morgan fingerprint density at radius 2 is 2.00 bits per heavy atom. The molecule has 0 aliphatic carbocycles. The molecule has 1 heterocycles. The third-order valence-electron chi connectivity index (χ3n) is 3.44. The normalized spacial score (nSPS) is 15.8. The van der Waals surface area contributed by atoms with Gasteiger partial charge in [0.25, 0.3) is 0 Å². The van der Waals surface area contributed by atoms with E-state index in [1.54, 1.807) is 11.3 Å². The molecule has 1 atom stereocenters. The molecule has 1 rings (SSSR count). The highest BCUT2D eigenvalue weighted by atomic mass is 32.1. The number of hydrogen-bond acceptors (Lipinski definition) is 3. The summed E-state index contributed by atoms with van der Waals surface area (Å²) in [7, 11) is 0. The molecule has 1 aromatic heterocycles. The van der Waals surface area contributed by atoms with Crippen molar-refractivity contribution in [2.75, 3.05) is 6.54 Å². The zero-order valence-corrected chi connectivity index (χ0v) is 12.4. The average molecular weight is 255 g/mol. The van der Waals surface area contributed by atoms with E-state index in [0.29, 0.717) is 6.04 Å². The molecule has 0 aliphatic rings. The van der Waals surface area contributed by atoms with E-state index in [-0.39, 0.29) is 5.92 Å². The second-order valence-corrected chi connectivity index (χ2v) is 6.62. The molecule has 2 nitrogen and oxygen atoms in total. The van der Waals surface area contributed by atoms with Crippen LogP contribution in [-0.2, 0) is 6.54 Å². The Labute approximate surface area is 109 Å². The van der Waals surface area contributed by atoms with Crippen LogP contribution in [-0.4, -0.2) is 28.2 Å². The summed E-state index contributed by atoms with van der Waals surface area (Å²) in [6.45, 7) is 12.1. The lowest BCUT2D eigenvalue weighted by molar-refractivity contribution is -0.0280. The lowest BCUT2D eigenvalue weighted by Crippen LogP contribution is -2.46. The van der Waals surface area contributed by atoms with Crippen LogP contribution in [0.5, 0.6) is 0 Å². The summed E-state index contributed by atoms with van der Waals surface area (Å²) in [5, 5.41) is 12.5. The summed E-state index contributed by atoms with van der Waals surface area (Å²) in [4.78, 5) is 3.70. The zero-order valence-electron chi connectivity index (χ0n) is 11.6. The van der Waals surface area contributed by atoms with E-state index in [1.807, 2.05) is 6.92 Å². The van der Waals surface area contributed by atoms with Crippen LogP contribution in [0.1, 0.15) is 39.5 Å². The molecule has 0 saturated heterocycles. The van der Waals surface area contributed by atoms with Crippen LogP contribution < -0.4 is 0 Å². The monoisotopic (exact) mass is 255 g/mol. The molecule has 0 aliphatic heterocycles. The van der Waals surface area contributed by atoms with Crippen LogP contribution in [0.4, 0.5) is 0 Å². The minimum absolute atomic E-state index is 0.270. The molecule has 98 valence electrons. The fourth-order valence-electron chi connectivity index (χ4n) is 1.62. The highest BCUT2D eigenvalue weighted by molar-refractivity contribution is 7.09. The largest absolute Gasteiger partial charge is 0.389 e. The Morgan fingerprint density at radius 3 is 2.41 bits per heavy atom. The van der Waals surface area contributed by atoms with Crippen molar-refractivity contribution in [2.45, 2.75) is 52.8 Å². The van der Waals surface area contributed by atoms with Crippen LogP contribution in [0, 0.1) is 5.92 Å². The molecule has 3 heteroatoms. The predicted molar refractivity (Wildman–Crippen MR) is 75.3 cm³/mol. The van der Waals surface area contributed by atoms with Crippen LogP contribution in [0.2, 0.25) is 0 Å². The van der Waals surface area contributed by atoms with Gasteiger partial charge in [0.1, 0.15) is 0 Å². The molecule has 0 amide bonds. The van der Waals surface area contributed by atoms with E-state index >= 15 is 0 Å². The predicted octanol–water partition coefficient (Wildman–Crippen LogP) is 3.37. The summed E-state index contributed by atoms with van der Waals surface area (Å²) in [5.74, 6) is 0.270. The molecule has 0 radical (unpaired) electrons. The Kier molecular flexibility index (Phi) is 5.17. The highest BCUT2D eigenvalue weighted by Gasteiger charge is 2.28. The SMILES string of the molecule is CC(C)N(Cc1cccs1)CC(C)(O)C(C)C. The van der Waals surface area contributed by atoms with Gasteiger partial charge in [-0.3, -0.25) is 4.90 Å². The van der Waals surface area contributed by atoms with Crippen molar-refractivity contribution in [3.05, 3.63) is 22.4 Å². The van der Waals surface area contributed by atoms with E-state index < -0.39 is 5.60 Å². The molecule has 1 unspecified atom stereocenters. The Hall–Kier alpha value is -0.380. The van der Waals surface area contributed by atoms with Gasteiger partial charge < -0.3 is 5.11 Å². The summed E-state index contributed by atoms with van der Waals surface area (Å²) in [6.07, 6.45) is 0. The van der Waals surface area contributed by atoms with Crippen molar-refractivity contribution in [1.29, 1.82) is 0 Å². The zero-order chi connectivity index (χ0) is 13.1. The summed E-state index contributed by atoms with van der Waals surface area (Å²) >= 11 is 1.78. The van der Waals surface area contributed by atoms with Gasteiger partial charge in [-0.15, -0.1) is 11.3 Å². The summed E-state index contributed by atoms with van der Waals surface area (Å²) < 4.78 is 0. The van der Waals surface area contributed by atoms with E-state index in [9.17, 15) is 5.11 Å². The third kappa shape index (κ3) is 4.41. The molecule has 0 spiro atoms. The van der Waals surface area contributed by atoms with Crippen molar-refractivity contribution in [1.82, 2.24) is 4.90 Å². The maximum absolute atomic E-state index is 10.4. The highest BCUT2D eigenvalue weighted by Crippen LogP contribution is 2.21. The van der Waals surface area contributed by atoms with Crippen LogP contribution in [0.15, 0.2) is 17.5 Å². The number of aliphatic hydroxyl groups is 1. The van der Waals surface area contributed by atoms with Gasteiger partial charge in [0.2, 0.25) is 0 Å². The lowest BCUT2D eigenvalue weighted by atomic mass is 9.91. The summed E-state index contributed by atoms with van der Waals surface area (Å²) in [5.41, 5.74) is -0.623. The quantitative estimate of drug-likeness (QED) is 0.842. The van der Waals surface area contributed by atoms with Crippen molar-refractivity contribution >= 4 is 11.3 Å². The topological polar surface area (TPSA) is 23.5 Å². The first-order valence-corrected chi connectivity index (χ1v) is 7.19. The van der Waals surface area contributed by atoms with Crippen LogP contribution in [0.25, 0.3) is 0 Å². The summed E-state index contributed by atoms with van der Waals surface area (Å²) in [6, 6.07) is 4.69. The Bertz CT molecular complexity index is 317. The van der Waals surface area contributed by atoms with E-state index in [2.05, 4.69) is 50.1 Å². The molecular formula is C14H25NOS. The van der Waals surface area contributed by atoms with Gasteiger partial charge in [-0.2, -0.15) is 0 Å². The minimum atomic E-state index is -0.623. The third-order valence-corrected chi connectivity index (χ3v) is 4.30. The maximum Gasteiger partial charge on any atom is 0.0769 e. The smallest absolute Gasteiger partial charge is 0.0769 e. The molecule has 0 aromatic carbocycles. The number of hydrogen-bond donors (Lipinski definition) is 1. The van der Waals surface area contributed by atoms with Crippen molar-refractivity contribution < 1.29 is 5.11 Å². The maximum atomic E-state index is 10.4. The molecule has 17 heavy (non-hydrogen) atoms. The fraction of sp³-hybridized carbons (Fsp3) is 0.714. The van der Waals surface area contributed by atoms with Crippen molar-refractivity contribution in [2.24, 2.45) is 5.92 Å². The van der Waals surface area contributed by atoms with Gasteiger partial charge in [-0.1, -0.05) is 19.9 Å². The molecule has 1 aromatic rings. The van der Waals surface area contributed by atoms with Gasteiger partial charge in [0.05, 0.1) is 5.60 Å². The van der Waals surface area contributed by atoms with Gasteiger partial charge >= 0.3 is 0 Å². The average Bonchev–Trinajstić information content (AvgIpc) is 2.68. The van der Waals surface area contributed by atoms with E-state index in [0.717, 1.165) is 13.1 Å². The molecular weight excluding hydrogens is 230 g/mol. The first kappa shape index (κ1) is 14.7. The first-order chi connectivity index (χ1) is 7.83. The molecule has 0 fully saturated rings. The Balaban J connectivity index is 2.67. The van der Waals surface area contributed by atoms with Gasteiger partial charge in [-0.25, -0.2) is 0 Å². The van der Waals surface area contributed by atoms with E-state index in [1.165, 1.54) is 4.88 Å². The van der Waals surface area contributed by atoms with Crippen molar-refractivity contribution in [3.63, 3.8) is 0 Å². The van der Waals surface area contributed by atoms with Crippen LogP contribution in [0.3, 0.4) is 0 Å². The first-order valence-electron chi connectivity index (χ1n) is 6.31. The van der Waals surface area contributed by atoms with Crippen LogP contribution >= 0.6 is 11.3 Å². The molecule has 1 N–H and O–H groups in total. The molecule has 0 saturated carbocycles. The minimum Gasteiger partial charge on any atom is -0.389 e. The molecule has 0 bridgehead atoms. The van der Waals surface area contributed by atoms with E-state index in [4.69, 9.17) is 0 Å². The number of rotatable bonds is 6.